The highest BCUT2D eigenvalue weighted by Crippen LogP contribution is 2.37. The second kappa shape index (κ2) is 7.72. The zero-order valence-corrected chi connectivity index (χ0v) is 13.1. The number of benzene rings is 1. The fraction of sp³-hybridized carbons (Fsp3) is 0.471. The summed E-state index contributed by atoms with van der Waals surface area (Å²) in [6, 6.07) is 0.287. The van der Waals surface area contributed by atoms with E-state index in [1.54, 1.807) is 0 Å². The molecule has 1 aliphatic rings. The van der Waals surface area contributed by atoms with E-state index >= 15 is 0 Å². The predicted molar refractivity (Wildman–Crippen MR) is 80.0 cm³/mol. The van der Waals surface area contributed by atoms with E-state index in [1.807, 2.05) is 5.92 Å². The Morgan fingerprint density at radius 2 is 1.84 bits per heavy atom. The molecule has 8 heteroatoms. The topological polar surface area (TPSA) is 38.3 Å². The average Bonchev–Trinajstić information content (AvgIpc) is 2.53. The van der Waals surface area contributed by atoms with E-state index in [2.05, 4.69) is 5.32 Å². The lowest BCUT2D eigenvalue weighted by molar-refractivity contribution is -0.187. The molecule has 0 bridgehead atoms. The van der Waals surface area contributed by atoms with Gasteiger partial charge < -0.3 is 10.1 Å². The summed E-state index contributed by atoms with van der Waals surface area (Å²) in [7, 11) is 0. The van der Waals surface area contributed by atoms with Crippen molar-refractivity contribution in [1.29, 1.82) is 0 Å². The van der Waals surface area contributed by atoms with Gasteiger partial charge in [-0.25, -0.2) is 8.78 Å². The van der Waals surface area contributed by atoms with Gasteiger partial charge in [0.1, 0.15) is 6.61 Å². The summed E-state index contributed by atoms with van der Waals surface area (Å²) in [6.07, 6.45) is 1.52. The molecule has 0 aromatic heterocycles. The fourth-order valence-electron chi connectivity index (χ4n) is 2.89. The summed E-state index contributed by atoms with van der Waals surface area (Å²) < 4.78 is 71.5. The summed E-state index contributed by atoms with van der Waals surface area (Å²) in [5, 5.41) is 2.24. The molecule has 25 heavy (non-hydrogen) atoms. The number of carbonyl (C=O) groups excluding carboxylic acids is 1. The Hall–Kier alpha value is -2.30. The number of hydrogen-bond acceptors (Lipinski definition) is 2. The van der Waals surface area contributed by atoms with Crippen LogP contribution in [0.3, 0.4) is 0 Å². The Morgan fingerprint density at radius 1 is 1.24 bits per heavy atom. The van der Waals surface area contributed by atoms with Crippen LogP contribution in [0.15, 0.2) is 12.1 Å². The number of hydrogen-bond donors (Lipinski definition) is 1. The van der Waals surface area contributed by atoms with Crippen LogP contribution in [0, 0.1) is 29.9 Å². The van der Waals surface area contributed by atoms with Crippen LogP contribution in [0.4, 0.5) is 22.0 Å². The lowest BCUT2D eigenvalue weighted by Gasteiger charge is -2.33. The first-order valence-corrected chi connectivity index (χ1v) is 7.67. The molecule has 1 aliphatic carbocycles. The Morgan fingerprint density at radius 3 is 2.40 bits per heavy atom. The van der Waals surface area contributed by atoms with Gasteiger partial charge in [-0.05, 0) is 25.0 Å². The largest absolute Gasteiger partial charge is 0.475 e. The van der Waals surface area contributed by atoms with Crippen LogP contribution in [0.1, 0.15) is 36.0 Å². The lowest BCUT2D eigenvalue weighted by atomic mass is 9.84. The number of carbonyl (C=O) groups is 1. The zero-order chi connectivity index (χ0) is 18.6. The number of halogens is 5. The Labute approximate surface area is 141 Å². The van der Waals surface area contributed by atoms with Crippen molar-refractivity contribution < 1.29 is 31.5 Å². The van der Waals surface area contributed by atoms with Gasteiger partial charge in [0, 0.05) is 11.6 Å². The first kappa shape index (κ1) is 19.0. The fourth-order valence-corrected chi connectivity index (χ4v) is 2.89. The number of rotatable bonds is 4. The number of amides is 1. The minimum atomic E-state index is -4.44. The van der Waals surface area contributed by atoms with Crippen LogP contribution in [0.5, 0.6) is 5.75 Å². The highest BCUT2D eigenvalue weighted by molar-refractivity contribution is 5.94. The molecule has 0 radical (unpaired) electrons. The van der Waals surface area contributed by atoms with Crippen LogP contribution in [0.25, 0.3) is 0 Å². The van der Waals surface area contributed by atoms with Crippen molar-refractivity contribution in [2.45, 2.75) is 37.9 Å². The van der Waals surface area contributed by atoms with Crippen molar-refractivity contribution in [3.63, 3.8) is 0 Å². The molecule has 3 nitrogen and oxygen atoms in total. The molecular formula is C17H16F5NO2. The first-order valence-electron chi connectivity index (χ1n) is 7.67. The maximum Gasteiger partial charge on any atom is 0.393 e. The van der Waals surface area contributed by atoms with Gasteiger partial charge >= 0.3 is 6.18 Å². The SMILES string of the molecule is C#CCOc1c(F)cc(C(=O)N[C@@H]2CCCC[C@@H]2C(F)(F)F)cc1F. The third-order valence-electron chi connectivity index (χ3n) is 4.06. The zero-order valence-electron chi connectivity index (χ0n) is 13.1. The molecule has 136 valence electrons. The average molecular weight is 361 g/mol. The van der Waals surface area contributed by atoms with Crippen LogP contribution >= 0.6 is 0 Å². The number of ether oxygens (including phenoxy) is 1. The predicted octanol–water partition coefficient (Wildman–Crippen LogP) is 3.83. The first-order chi connectivity index (χ1) is 11.7. The maximum atomic E-state index is 13.8. The van der Waals surface area contributed by atoms with Crippen LogP contribution in [-0.4, -0.2) is 24.7 Å². The molecule has 2 rings (SSSR count). The summed E-state index contributed by atoms with van der Waals surface area (Å²) >= 11 is 0. The van der Waals surface area contributed by atoms with Gasteiger partial charge in [0.25, 0.3) is 5.91 Å². The molecule has 2 atom stereocenters. The number of alkyl halides is 3. The van der Waals surface area contributed by atoms with Gasteiger partial charge in [-0.1, -0.05) is 18.8 Å². The minimum absolute atomic E-state index is 0.0873. The van der Waals surface area contributed by atoms with Crippen molar-refractivity contribution in [2.75, 3.05) is 6.61 Å². The van der Waals surface area contributed by atoms with E-state index in [-0.39, 0.29) is 19.4 Å². The highest BCUT2D eigenvalue weighted by Gasteiger charge is 2.46. The molecular weight excluding hydrogens is 345 g/mol. The van der Waals surface area contributed by atoms with Gasteiger partial charge in [0.15, 0.2) is 17.4 Å². The molecule has 0 spiro atoms. The summed E-state index contributed by atoms with van der Waals surface area (Å²) in [5.41, 5.74) is -0.422. The standard InChI is InChI=1S/C17H16F5NO2/c1-2-7-25-15-12(18)8-10(9-13(15)19)16(24)23-14-6-4-3-5-11(14)17(20,21)22/h1,8-9,11,14H,3-7H2,(H,23,24)/t11-,14+/m0/s1. The van der Waals surface area contributed by atoms with Gasteiger partial charge in [0.2, 0.25) is 0 Å². The molecule has 1 amide bonds. The monoisotopic (exact) mass is 361 g/mol. The second-order valence-electron chi connectivity index (χ2n) is 5.77. The quantitative estimate of drug-likeness (QED) is 0.654. The van der Waals surface area contributed by atoms with Crippen molar-refractivity contribution in [2.24, 2.45) is 5.92 Å². The Kier molecular flexibility index (Phi) is 5.88. The molecule has 0 heterocycles. The van der Waals surface area contributed by atoms with E-state index in [4.69, 9.17) is 11.2 Å². The van der Waals surface area contributed by atoms with Crippen molar-refractivity contribution in [3.05, 3.63) is 29.3 Å². The number of terminal acetylenes is 1. The molecule has 1 fully saturated rings. The summed E-state index contributed by atoms with van der Waals surface area (Å²) in [4.78, 5) is 12.1. The van der Waals surface area contributed by atoms with Gasteiger partial charge in [-0.3, -0.25) is 4.79 Å². The van der Waals surface area contributed by atoms with E-state index in [1.165, 1.54) is 0 Å². The molecule has 1 N–H and O–H groups in total. The lowest BCUT2D eigenvalue weighted by Crippen LogP contribution is -2.47. The van der Waals surface area contributed by atoms with E-state index < -0.39 is 47.0 Å². The Balaban J connectivity index is 2.16. The minimum Gasteiger partial charge on any atom is -0.475 e. The van der Waals surface area contributed by atoms with E-state index in [0.29, 0.717) is 25.0 Å². The second-order valence-corrected chi connectivity index (χ2v) is 5.77. The third-order valence-corrected chi connectivity index (χ3v) is 4.06. The van der Waals surface area contributed by atoms with Crippen LogP contribution in [0.2, 0.25) is 0 Å². The molecule has 1 aromatic carbocycles. The van der Waals surface area contributed by atoms with Crippen molar-refractivity contribution >= 4 is 5.91 Å². The number of nitrogens with one attached hydrogen (secondary N) is 1. The highest BCUT2D eigenvalue weighted by atomic mass is 19.4. The summed E-state index contributed by atoms with van der Waals surface area (Å²) in [5.74, 6) is -3.65. The van der Waals surface area contributed by atoms with Crippen LogP contribution < -0.4 is 10.1 Å². The van der Waals surface area contributed by atoms with Gasteiger partial charge in [-0.15, -0.1) is 6.42 Å². The van der Waals surface area contributed by atoms with Crippen molar-refractivity contribution in [3.8, 4) is 18.1 Å². The summed E-state index contributed by atoms with van der Waals surface area (Å²) in [6.45, 7) is -0.366. The van der Waals surface area contributed by atoms with E-state index in [9.17, 15) is 26.7 Å². The smallest absolute Gasteiger partial charge is 0.393 e. The van der Waals surface area contributed by atoms with E-state index in [0.717, 1.165) is 0 Å². The maximum absolute atomic E-state index is 13.8. The van der Waals surface area contributed by atoms with Crippen LogP contribution in [-0.2, 0) is 0 Å². The third kappa shape index (κ3) is 4.62. The van der Waals surface area contributed by atoms with Gasteiger partial charge in [0.05, 0.1) is 5.92 Å². The van der Waals surface area contributed by atoms with Gasteiger partial charge in [-0.2, -0.15) is 13.2 Å². The molecule has 0 unspecified atom stereocenters. The Bertz CT molecular complexity index is 658. The molecule has 1 saturated carbocycles. The molecule has 0 aliphatic heterocycles. The normalized spacial score (nSPS) is 20.6. The van der Waals surface area contributed by atoms with Crippen molar-refractivity contribution in [1.82, 2.24) is 5.32 Å². The molecule has 1 aromatic rings. The molecule has 0 saturated heterocycles.